The first-order chi connectivity index (χ1) is 14.2. The normalized spacial score (nSPS) is 42.8. The van der Waals surface area contributed by atoms with E-state index in [-0.39, 0.29) is 4.48 Å². The van der Waals surface area contributed by atoms with E-state index in [0.29, 0.717) is 9.75 Å². The van der Waals surface area contributed by atoms with Gasteiger partial charge in [0.15, 0.2) is 0 Å². The van der Waals surface area contributed by atoms with E-state index in [1.54, 1.807) is 49.1 Å². The van der Waals surface area contributed by atoms with Crippen molar-refractivity contribution in [2.45, 2.75) is 47.1 Å². The van der Waals surface area contributed by atoms with Crippen molar-refractivity contribution in [3.8, 4) is 0 Å². The Balaban J connectivity index is 1.53. The molecule has 5 rings (SSSR count). The molecule has 31 heavy (non-hydrogen) atoms. The van der Waals surface area contributed by atoms with Gasteiger partial charge in [0.1, 0.15) is 6.42 Å². The molecule has 0 aromatic carbocycles. The number of nitrogens with two attached hydrogens (primary N) is 2. The molecule has 5 atom stereocenters. The average molecular weight is 471 g/mol. The minimum absolute atomic E-state index is 0.305. The van der Waals surface area contributed by atoms with Crippen LogP contribution in [0.1, 0.15) is 22.6 Å². The van der Waals surface area contributed by atoms with E-state index in [4.69, 9.17) is 20.9 Å². The van der Waals surface area contributed by atoms with Crippen molar-refractivity contribution in [3.05, 3.63) is 44.8 Å². The van der Waals surface area contributed by atoms with Crippen LogP contribution < -0.4 is 11.5 Å². The fourth-order valence-corrected chi connectivity index (χ4v) is 6.93. The smallest absolute Gasteiger partial charge is 0.351 e. The number of esters is 1. The highest BCUT2D eigenvalue weighted by Gasteiger charge is 3.02. The number of hydrogen-bond donors (Lipinski definition) is 6. The molecule has 5 unspecified atom stereocenters. The molecule has 3 saturated heterocycles. The molecule has 3 fully saturated rings. The molecule has 3 aliphatic rings. The summed E-state index contributed by atoms with van der Waals surface area (Å²) in [5, 5.41) is 48.4. The minimum Gasteiger partial charge on any atom is -0.430 e. The third-order valence-corrected chi connectivity index (χ3v) is 9.24. The molecule has 2 bridgehead atoms. The lowest BCUT2D eigenvalue weighted by Gasteiger charge is -2.57. The third-order valence-electron chi connectivity index (χ3n) is 7.28. The van der Waals surface area contributed by atoms with Crippen LogP contribution >= 0.6 is 22.7 Å². The minimum atomic E-state index is -2.32. The molecule has 2 aromatic heterocycles. The SMILES string of the molecule is C[N+]1(C)C2(N)CC(O)(OC(=O)C(O)(c3cccs3)c3cccs3)CC1(O)C1(O)OC12N. The highest BCUT2D eigenvalue weighted by molar-refractivity contribution is 7.12. The van der Waals surface area contributed by atoms with Crippen LogP contribution in [-0.4, -0.2) is 73.7 Å². The van der Waals surface area contributed by atoms with Gasteiger partial charge < -0.3 is 29.9 Å². The number of morpholine rings is 1. The number of piperidine rings is 1. The Bertz CT molecular complexity index is 995. The second-order valence-electron chi connectivity index (χ2n) is 9.03. The average Bonchev–Trinajstić information content (AvgIpc) is 3.18. The summed E-state index contributed by atoms with van der Waals surface area (Å²) in [6.45, 7) is 0. The van der Waals surface area contributed by atoms with Gasteiger partial charge in [0.2, 0.25) is 17.1 Å². The first kappa shape index (κ1) is 21.4. The Hall–Kier alpha value is -1.45. The van der Waals surface area contributed by atoms with Gasteiger partial charge in [-0.15, -0.1) is 22.7 Å². The number of thiophene rings is 2. The molecule has 8 N–H and O–H groups in total. The standard InChI is InChI=1S/C19H24N3O7S2/c1-22(2)15(20)9-14(24,10-16(22,25)19(27)18(15,21)29-19)28-13(23)17(26,11-5-3-7-30-11)12-6-4-8-31-12/h3-8,24-27H,9-10,20-21H2,1-2H3/q+1. The number of aliphatic hydroxyl groups is 4. The highest BCUT2D eigenvalue weighted by atomic mass is 32.1. The fraction of sp³-hybridized carbons (Fsp3) is 0.526. The van der Waals surface area contributed by atoms with Gasteiger partial charge in [0, 0.05) is 0 Å². The maximum atomic E-state index is 13.3. The summed E-state index contributed by atoms with van der Waals surface area (Å²) >= 11 is 2.30. The van der Waals surface area contributed by atoms with E-state index < -0.39 is 53.1 Å². The van der Waals surface area contributed by atoms with Crippen LogP contribution in [0.2, 0.25) is 0 Å². The Labute approximate surface area is 185 Å². The molecule has 12 heteroatoms. The predicted molar refractivity (Wildman–Crippen MR) is 109 cm³/mol. The molecule has 10 nitrogen and oxygen atoms in total. The Morgan fingerprint density at radius 1 is 1.13 bits per heavy atom. The number of quaternary nitrogens is 1. The zero-order chi connectivity index (χ0) is 22.7. The maximum Gasteiger partial charge on any atom is 0.351 e. The number of carbonyl (C=O) groups is 1. The summed E-state index contributed by atoms with van der Waals surface area (Å²) < 4.78 is 10.3. The van der Waals surface area contributed by atoms with E-state index in [2.05, 4.69) is 0 Å². The summed E-state index contributed by atoms with van der Waals surface area (Å²) in [6, 6.07) is 6.52. The van der Waals surface area contributed by atoms with Crippen molar-refractivity contribution in [1.82, 2.24) is 0 Å². The maximum absolute atomic E-state index is 13.3. The third kappa shape index (κ3) is 2.16. The first-order valence-electron chi connectivity index (χ1n) is 9.54. The molecule has 0 spiro atoms. The highest BCUT2D eigenvalue weighted by Crippen LogP contribution is 2.71. The van der Waals surface area contributed by atoms with Crippen LogP contribution in [-0.2, 0) is 19.9 Å². The summed E-state index contributed by atoms with van der Waals surface area (Å²) in [5.74, 6) is -5.69. The van der Waals surface area contributed by atoms with Gasteiger partial charge in [-0.2, -0.15) is 0 Å². The van der Waals surface area contributed by atoms with Crippen molar-refractivity contribution in [2.75, 3.05) is 14.1 Å². The number of fused-ring (bicyclic) bond motifs is 5. The summed E-state index contributed by atoms with van der Waals surface area (Å²) in [5.41, 5.74) is 4.80. The van der Waals surface area contributed by atoms with Gasteiger partial charge in [-0.05, 0) is 22.9 Å². The van der Waals surface area contributed by atoms with Crippen LogP contribution in [0.25, 0.3) is 0 Å². The van der Waals surface area contributed by atoms with Gasteiger partial charge in [0.05, 0.1) is 30.3 Å². The van der Waals surface area contributed by atoms with Crippen molar-refractivity contribution in [1.29, 1.82) is 0 Å². The van der Waals surface area contributed by atoms with E-state index in [1.165, 1.54) is 0 Å². The van der Waals surface area contributed by atoms with Gasteiger partial charge in [-0.1, -0.05) is 12.1 Å². The molecule has 5 heterocycles. The lowest BCUT2D eigenvalue weighted by Crippen LogP contribution is -2.82. The Kier molecular flexibility index (Phi) is 3.95. The summed E-state index contributed by atoms with van der Waals surface area (Å²) in [7, 11) is 3.11. The number of nitrogens with zero attached hydrogens (tertiary/aromatic N) is 1. The molecule has 0 aliphatic carbocycles. The van der Waals surface area contributed by atoms with Gasteiger partial charge in [-0.25, -0.2) is 4.79 Å². The number of hydrogen-bond acceptors (Lipinski definition) is 11. The van der Waals surface area contributed by atoms with E-state index in [0.717, 1.165) is 22.7 Å². The number of epoxide rings is 1. The number of carbonyl (C=O) groups excluding carboxylic acids is 1. The predicted octanol–water partition coefficient (Wildman–Crippen LogP) is -1.12. The monoisotopic (exact) mass is 470 g/mol. The fourth-order valence-electron chi connectivity index (χ4n) is 5.22. The molecule has 168 valence electrons. The molecular weight excluding hydrogens is 446 g/mol. The zero-order valence-corrected chi connectivity index (χ0v) is 18.4. The number of likely N-dealkylation sites (N-methyl/N-ethyl adjacent to an activating group) is 1. The van der Waals surface area contributed by atoms with Gasteiger partial charge in [0.25, 0.3) is 11.4 Å². The van der Waals surface area contributed by atoms with Crippen molar-refractivity contribution in [2.24, 2.45) is 11.5 Å². The van der Waals surface area contributed by atoms with Crippen LogP contribution in [0.3, 0.4) is 0 Å². The summed E-state index contributed by atoms with van der Waals surface area (Å²) in [4.78, 5) is 13.9. The lowest BCUT2D eigenvalue weighted by molar-refractivity contribution is -1.02. The summed E-state index contributed by atoms with van der Waals surface area (Å²) in [6.07, 6.45) is -1.07. The molecule has 0 saturated carbocycles. The van der Waals surface area contributed by atoms with E-state index in [1.807, 2.05) is 0 Å². The molecular formula is C19H24N3O7S2+. The van der Waals surface area contributed by atoms with Gasteiger partial charge in [-0.3, -0.25) is 16.0 Å². The van der Waals surface area contributed by atoms with E-state index >= 15 is 0 Å². The second kappa shape index (κ2) is 5.72. The number of rotatable bonds is 4. The topological polar surface area (TPSA) is 172 Å². The lowest BCUT2D eigenvalue weighted by atomic mass is 9.85. The van der Waals surface area contributed by atoms with Crippen LogP contribution in [0, 0.1) is 0 Å². The number of ether oxygens (including phenoxy) is 2. The van der Waals surface area contributed by atoms with Crippen molar-refractivity contribution >= 4 is 28.6 Å². The largest absolute Gasteiger partial charge is 0.430 e. The molecule has 0 amide bonds. The van der Waals surface area contributed by atoms with Crippen molar-refractivity contribution < 1.29 is 39.2 Å². The quantitative estimate of drug-likeness (QED) is 0.140. The van der Waals surface area contributed by atoms with Crippen LogP contribution in [0.15, 0.2) is 35.0 Å². The molecule has 3 aliphatic heterocycles. The van der Waals surface area contributed by atoms with Crippen molar-refractivity contribution in [3.63, 3.8) is 0 Å². The second-order valence-corrected chi connectivity index (χ2v) is 10.9. The van der Waals surface area contributed by atoms with Gasteiger partial charge >= 0.3 is 11.8 Å². The van der Waals surface area contributed by atoms with E-state index in [9.17, 15) is 25.2 Å². The molecule has 2 aromatic rings. The zero-order valence-electron chi connectivity index (χ0n) is 16.8. The first-order valence-corrected chi connectivity index (χ1v) is 11.3. The van der Waals surface area contributed by atoms with Crippen LogP contribution in [0.4, 0.5) is 0 Å². The molecule has 0 radical (unpaired) electrons. The Morgan fingerprint density at radius 2 is 1.68 bits per heavy atom. The Morgan fingerprint density at radius 3 is 2.13 bits per heavy atom. The van der Waals surface area contributed by atoms with Crippen LogP contribution in [0.5, 0.6) is 0 Å².